The van der Waals surface area contributed by atoms with Gasteiger partial charge in [0.15, 0.2) is 0 Å². The van der Waals surface area contributed by atoms with Crippen LogP contribution in [0.1, 0.15) is 83.1 Å². The molecule has 0 saturated carbocycles. The number of rotatable bonds is 40. The molecule has 11 atom stereocenters. The molecule has 0 aromatic heterocycles. The molecule has 3 aliphatic heterocycles. The fraction of sp³-hybridized carbons (Fsp3) is 0.487. The lowest BCUT2D eigenvalue weighted by Crippen LogP contribution is -2.52. The zero-order valence-corrected chi connectivity index (χ0v) is 71.8. The number of carbonyl (C=O) groups is 3. The highest BCUT2D eigenvalue weighted by molar-refractivity contribution is 7.89. The van der Waals surface area contributed by atoms with Gasteiger partial charge in [-0.1, -0.05) is 150 Å². The third kappa shape index (κ3) is 34.3. The molecule has 3 saturated heterocycles. The number of nitro benzene ring substituents is 1. The van der Waals surface area contributed by atoms with Gasteiger partial charge in [-0.3, -0.25) is 23.8 Å². The van der Waals surface area contributed by atoms with Crippen LogP contribution in [0.5, 0.6) is 0 Å². The first-order chi connectivity index (χ1) is 55.9. The standard InChI is InChI=1S/C26H37N2O9PS.C25H34N3O11PS.C25H36N3O9PS/c1-19(2)16-28(39(33,34)23-11-9-20(3)10-12-23)17-25(37-38(30,31)32)24(15-21-7-5-4-6-8-21)27-26(29)36-22-13-14-35-18-22;1-18(2)15-27(41(35,36)22-10-8-20(9-11-22)28(30)31)16-24(39-40(32,33)34)23(14-19-6-4-3-5-7-19)26-25(29)38-21-12-13-37-17-21;1-18(2)15-28(39(33,34)22-10-8-20(26)9-11-22)16-24(37-38(30,31)32)23(14-19-6-4-3-5-7-19)27-25(29)36-21-12-13-35-17-21/h4-12,19,22,24-25H,13-18H2,1-3H3,(H,27,29)(H2,30,31,32);3-11,18,21,23-24H,12-17H2,1-2H3,(H,26,29)(H2,32,33,34);3-11,18,21,23-24H,12-17,26H2,1-2H3,(H,27,29)(H2,30,31,32)/p-2/t22-,24-,25+;2*21-,23-,24+/m000/s1. The maximum absolute atomic E-state index is 13.7. The molecule has 9 N–H and O–H groups in total. The number of non-ortho nitro benzene ring substituents is 1. The van der Waals surface area contributed by atoms with E-state index in [1.54, 1.807) is 125 Å². The highest BCUT2D eigenvalue weighted by Crippen LogP contribution is 2.41. The Labute approximate surface area is 692 Å². The minimum absolute atomic E-state index is 0.00305. The predicted molar refractivity (Wildman–Crippen MR) is 431 cm³/mol. The second-order valence-electron chi connectivity index (χ2n) is 29.6. The number of nitrogens with one attached hydrogen (secondary N) is 3. The van der Waals surface area contributed by atoms with Gasteiger partial charge in [-0.2, -0.15) is 12.9 Å². The Morgan fingerprint density at radius 2 is 0.739 bits per heavy atom. The summed E-state index contributed by atoms with van der Waals surface area (Å²) in [6, 6.07) is 39.2. The Hall–Kier alpha value is -7.73. The molecule has 3 fully saturated rings. The van der Waals surface area contributed by atoms with Crippen molar-refractivity contribution in [1.82, 2.24) is 28.9 Å². The number of nitro groups is 1. The van der Waals surface area contributed by atoms with Gasteiger partial charge in [0.1, 0.15) is 36.6 Å². The Kier molecular flexibility index (Phi) is 38.0. The van der Waals surface area contributed by atoms with E-state index in [2.05, 4.69) is 16.0 Å². The maximum Gasteiger partial charge on any atom is 0.469 e. The van der Waals surface area contributed by atoms with Gasteiger partial charge in [-0.05, 0) is 109 Å². The number of phosphoric acid groups is 3. The van der Waals surface area contributed by atoms with Crippen LogP contribution < -0.4 is 31.5 Å². The summed E-state index contributed by atoms with van der Waals surface area (Å²) < 4.78 is 168. The SMILES string of the molecule is CC(C)CN(C[C@@H](OP(=O)([O-])O)[C@H](Cc1ccccc1)NC(=O)O[C@H]1CCOC1)S(=O)(=O)c1ccc(N)cc1.CC(C)CN(C[C@@H](OP(=O)([O-])O)[C@H](Cc1ccccc1)NC(=O)O[C@H]1CCOC1)S(=O)(=O)c1ccc([N+](=O)[O-])cc1.Cc1ccc(S(=O)(=O)N(CC(C)C)C[C@@H](OP(=O)(O)O)[C@H](Cc2ccccc2)NC(=O)O[C@H]2CCOC2)cc1. The van der Waals surface area contributed by atoms with Gasteiger partial charge in [0.05, 0.1) is 77.4 Å². The molecule has 3 heterocycles. The van der Waals surface area contributed by atoms with E-state index < -0.39 is 151 Å². The predicted octanol–water partition coefficient (Wildman–Crippen LogP) is 7.35. The third-order valence-corrected chi connectivity index (χ3v) is 25.3. The number of nitrogen functional groups attached to an aromatic ring is 1. The van der Waals surface area contributed by atoms with Crippen molar-refractivity contribution in [3.8, 4) is 0 Å². The van der Waals surface area contributed by atoms with Crippen LogP contribution in [0.4, 0.5) is 25.8 Å². The lowest BCUT2D eigenvalue weighted by molar-refractivity contribution is -0.384. The second kappa shape index (κ2) is 46.0. The molecule has 2 unspecified atom stereocenters. The molecule has 658 valence electrons. The van der Waals surface area contributed by atoms with Gasteiger partial charge < -0.3 is 88.5 Å². The van der Waals surface area contributed by atoms with E-state index in [1.165, 1.54) is 36.4 Å². The topological polar surface area (TPSA) is 530 Å². The van der Waals surface area contributed by atoms with Crippen LogP contribution in [0.2, 0.25) is 0 Å². The Balaban J connectivity index is 0.000000246. The number of anilines is 1. The zero-order valence-electron chi connectivity index (χ0n) is 66.7. The van der Waals surface area contributed by atoms with Crippen LogP contribution >= 0.6 is 23.5 Å². The zero-order chi connectivity index (χ0) is 87.5. The van der Waals surface area contributed by atoms with E-state index in [1.807, 2.05) is 26.8 Å². The first-order valence-corrected chi connectivity index (χ1v) is 46.9. The molecular formula is C76H105N8O29P3S3-2. The summed E-state index contributed by atoms with van der Waals surface area (Å²) in [7, 11) is -28.5. The first-order valence-electron chi connectivity index (χ1n) is 38.0. The number of ether oxygens (including phenoxy) is 6. The Bertz CT molecular complexity index is 4490. The lowest BCUT2D eigenvalue weighted by atomic mass is 10.0. The number of sulfonamides is 3. The number of benzene rings is 6. The first kappa shape index (κ1) is 98.4. The number of aryl methyl sites for hydroxylation is 1. The molecule has 6 aromatic rings. The van der Waals surface area contributed by atoms with Crippen molar-refractivity contribution < 1.29 is 130 Å². The highest BCUT2D eigenvalue weighted by Gasteiger charge is 2.41. The smallest absolute Gasteiger partial charge is 0.469 e. The van der Waals surface area contributed by atoms with Crippen LogP contribution in [0, 0.1) is 34.8 Å². The molecular weight excluding hydrogens is 1680 g/mol. The van der Waals surface area contributed by atoms with Gasteiger partial charge in [0.25, 0.3) is 21.3 Å². The normalized spacial score (nSPS) is 18.4. The summed E-state index contributed by atoms with van der Waals surface area (Å²) in [5.41, 5.74) is 8.75. The van der Waals surface area contributed by atoms with Gasteiger partial charge in [-0.25, -0.2) is 44.2 Å². The molecule has 0 spiro atoms. The number of hydrogen-bond donors (Lipinski definition) is 8. The monoisotopic (exact) mass is 1780 g/mol. The molecule has 0 bridgehead atoms. The van der Waals surface area contributed by atoms with Gasteiger partial charge in [0.2, 0.25) is 30.1 Å². The summed E-state index contributed by atoms with van der Waals surface area (Å²) in [4.78, 5) is 111. The van der Waals surface area contributed by atoms with Crippen molar-refractivity contribution in [2.24, 2.45) is 17.8 Å². The van der Waals surface area contributed by atoms with Crippen LogP contribution in [-0.4, -0.2) is 215 Å². The molecule has 43 heteroatoms. The fourth-order valence-corrected chi connectivity index (χ4v) is 19.2. The highest BCUT2D eigenvalue weighted by atomic mass is 32.2. The van der Waals surface area contributed by atoms with E-state index in [9.17, 15) is 92.8 Å². The lowest BCUT2D eigenvalue weighted by Gasteiger charge is -2.35. The number of amides is 3. The van der Waals surface area contributed by atoms with Crippen LogP contribution in [-0.2, 0) is 105 Å². The third-order valence-electron chi connectivity index (χ3n) is 18.2. The van der Waals surface area contributed by atoms with E-state index in [0.29, 0.717) is 55.9 Å². The molecule has 0 aliphatic carbocycles. The Morgan fingerprint density at radius 1 is 0.462 bits per heavy atom. The average molecular weight is 1780 g/mol. The van der Waals surface area contributed by atoms with Gasteiger partial charge >= 0.3 is 26.1 Å². The van der Waals surface area contributed by atoms with Crippen LogP contribution in [0.3, 0.4) is 0 Å². The number of nitrogens with two attached hydrogens (primary N) is 1. The molecule has 9 rings (SSSR count). The minimum Gasteiger partial charge on any atom is -0.756 e. The molecule has 37 nitrogen and oxygen atoms in total. The second-order valence-corrected chi connectivity index (χ2v) is 38.9. The largest absolute Gasteiger partial charge is 0.756 e. The van der Waals surface area contributed by atoms with Crippen molar-refractivity contribution in [3.05, 3.63) is 196 Å². The Morgan fingerprint density at radius 3 is 0.992 bits per heavy atom. The van der Waals surface area contributed by atoms with E-state index >= 15 is 0 Å². The minimum atomic E-state index is -5.44. The molecule has 3 aliphatic rings. The van der Waals surface area contributed by atoms with Crippen molar-refractivity contribution in [2.45, 2.75) is 156 Å². The molecule has 6 aromatic carbocycles. The van der Waals surface area contributed by atoms with E-state index in [4.69, 9.17) is 47.7 Å². The maximum atomic E-state index is 13.7. The van der Waals surface area contributed by atoms with Gasteiger partial charge in [0, 0.05) is 76.4 Å². The van der Waals surface area contributed by atoms with E-state index in [-0.39, 0.29) is 96.8 Å². The van der Waals surface area contributed by atoms with Crippen molar-refractivity contribution >= 4 is 83.2 Å². The summed E-state index contributed by atoms with van der Waals surface area (Å²) in [6.07, 6.45) is -6.89. The van der Waals surface area contributed by atoms with Crippen molar-refractivity contribution in [2.75, 3.05) is 84.6 Å². The van der Waals surface area contributed by atoms with E-state index in [0.717, 1.165) is 48.3 Å². The summed E-state index contributed by atoms with van der Waals surface area (Å²) >= 11 is 0. The van der Waals surface area contributed by atoms with Crippen molar-refractivity contribution in [1.29, 1.82) is 0 Å². The van der Waals surface area contributed by atoms with Gasteiger partial charge in [-0.15, -0.1) is 0 Å². The number of carbonyl (C=O) groups excluding carboxylic acids is 3. The number of hydrogen-bond acceptors (Lipinski definition) is 26. The summed E-state index contributed by atoms with van der Waals surface area (Å²) in [5.74, 6) is -0.520. The number of nitrogens with zero attached hydrogens (tertiary/aromatic N) is 4. The number of alkyl carbamates (subject to hydrolysis) is 3. The number of phosphoric ester groups is 3. The van der Waals surface area contributed by atoms with Crippen LogP contribution in [0.25, 0.3) is 0 Å². The summed E-state index contributed by atoms with van der Waals surface area (Å²) in [5, 5.41) is 18.9. The summed E-state index contributed by atoms with van der Waals surface area (Å²) in [6.45, 7) is 13.0. The quantitative estimate of drug-likeness (QED) is 0.00612. The molecule has 3 amide bonds. The van der Waals surface area contributed by atoms with Crippen molar-refractivity contribution in [3.63, 3.8) is 0 Å². The molecule has 0 radical (unpaired) electrons. The fourth-order valence-electron chi connectivity index (χ4n) is 12.7. The molecule has 119 heavy (non-hydrogen) atoms. The average Bonchev–Trinajstić information content (AvgIpc) is 1.79. The van der Waals surface area contributed by atoms with Crippen LogP contribution in [0.15, 0.2) is 178 Å².